The summed E-state index contributed by atoms with van der Waals surface area (Å²) in [7, 11) is 0. The van der Waals surface area contributed by atoms with Gasteiger partial charge in [0.05, 0.1) is 6.33 Å². The summed E-state index contributed by atoms with van der Waals surface area (Å²) in [4.78, 5) is 31.6. The quantitative estimate of drug-likeness (QED) is 0.728. The van der Waals surface area contributed by atoms with Gasteiger partial charge in [0.1, 0.15) is 0 Å². The first-order chi connectivity index (χ1) is 14.1. The summed E-state index contributed by atoms with van der Waals surface area (Å²) in [5, 5.41) is 5.15. The topological polar surface area (TPSA) is 67.2 Å². The van der Waals surface area contributed by atoms with Crippen molar-refractivity contribution >= 4 is 22.6 Å². The molecule has 2 aromatic carbocycles. The van der Waals surface area contributed by atoms with Crippen LogP contribution in [-0.4, -0.2) is 45.4 Å². The lowest BCUT2D eigenvalue weighted by molar-refractivity contribution is -0.127. The Labute approximate surface area is 170 Å². The van der Waals surface area contributed by atoms with Gasteiger partial charge >= 0.3 is 0 Å². The van der Waals surface area contributed by atoms with Gasteiger partial charge in [0.25, 0.3) is 5.91 Å². The number of hydrogen-bond acceptors (Lipinski definition) is 3. The molecule has 0 radical (unpaired) electrons. The number of piperidine rings is 1. The molecule has 150 valence electrons. The first-order valence-electron chi connectivity index (χ1n) is 10.1. The normalized spacial score (nSPS) is 16.0. The van der Waals surface area contributed by atoms with Crippen molar-refractivity contribution in [3.63, 3.8) is 0 Å². The van der Waals surface area contributed by atoms with Crippen molar-refractivity contribution in [3.05, 3.63) is 66.7 Å². The van der Waals surface area contributed by atoms with Gasteiger partial charge < -0.3 is 14.8 Å². The summed E-state index contributed by atoms with van der Waals surface area (Å²) >= 11 is 0. The van der Waals surface area contributed by atoms with Crippen molar-refractivity contribution in [1.82, 2.24) is 19.8 Å². The number of likely N-dealkylation sites (tertiary alicyclic amines) is 1. The van der Waals surface area contributed by atoms with Crippen LogP contribution in [0.2, 0.25) is 0 Å². The van der Waals surface area contributed by atoms with Crippen LogP contribution in [0.5, 0.6) is 0 Å². The van der Waals surface area contributed by atoms with E-state index in [9.17, 15) is 9.59 Å². The highest BCUT2D eigenvalue weighted by molar-refractivity contribution is 6.07. The number of carbonyl (C=O) groups is 2. The van der Waals surface area contributed by atoms with E-state index in [1.807, 2.05) is 65.1 Å². The van der Waals surface area contributed by atoms with E-state index in [0.29, 0.717) is 32.5 Å². The number of aromatic nitrogens is 2. The second kappa shape index (κ2) is 8.47. The molecule has 1 saturated heterocycles. The molecular formula is C23H26N4O2. The lowest BCUT2D eigenvalue weighted by Gasteiger charge is -2.32. The van der Waals surface area contributed by atoms with E-state index in [-0.39, 0.29) is 23.8 Å². The maximum Gasteiger partial charge on any atom is 0.254 e. The van der Waals surface area contributed by atoms with Crippen LogP contribution < -0.4 is 5.32 Å². The summed E-state index contributed by atoms with van der Waals surface area (Å²) in [6.07, 6.45) is 6.76. The predicted octanol–water partition coefficient (Wildman–Crippen LogP) is 3.09. The standard InChI is InChI=1S/C23H26N4O2/c1-17(15-26-14-11-24-16-26)25-22(28)19-9-12-27(13-10-19)23(29)21-8-4-6-18-5-2-3-7-20(18)21/h2-8,11,14,16-17,19H,9-10,12-13,15H2,1H3,(H,25,28). The Morgan fingerprint density at radius 1 is 1.14 bits per heavy atom. The molecule has 0 bridgehead atoms. The minimum absolute atomic E-state index is 0.0343. The van der Waals surface area contributed by atoms with Crippen LogP contribution in [0.15, 0.2) is 61.2 Å². The van der Waals surface area contributed by atoms with Crippen LogP contribution in [0.4, 0.5) is 0 Å². The van der Waals surface area contributed by atoms with E-state index in [1.54, 1.807) is 12.5 Å². The number of nitrogens with one attached hydrogen (secondary N) is 1. The van der Waals surface area contributed by atoms with Crippen molar-refractivity contribution in [3.8, 4) is 0 Å². The molecule has 1 aliphatic rings. The summed E-state index contributed by atoms with van der Waals surface area (Å²) in [5.41, 5.74) is 0.736. The molecule has 6 nitrogen and oxygen atoms in total. The summed E-state index contributed by atoms with van der Waals surface area (Å²) < 4.78 is 1.95. The molecule has 1 unspecified atom stereocenters. The molecule has 2 heterocycles. The summed E-state index contributed by atoms with van der Waals surface area (Å²) in [6.45, 7) is 3.91. The molecule has 29 heavy (non-hydrogen) atoms. The van der Waals surface area contributed by atoms with Crippen LogP contribution in [-0.2, 0) is 11.3 Å². The molecule has 3 aromatic rings. The van der Waals surface area contributed by atoms with Crippen LogP contribution >= 0.6 is 0 Å². The molecule has 1 N–H and O–H groups in total. The summed E-state index contributed by atoms with van der Waals surface area (Å²) in [6, 6.07) is 13.8. The number of carbonyl (C=O) groups excluding carboxylic acids is 2. The van der Waals surface area contributed by atoms with Gasteiger partial charge in [-0.25, -0.2) is 4.98 Å². The van der Waals surface area contributed by atoms with E-state index in [2.05, 4.69) is 10.3 Å². The molecule has 1 fully saturated rings. The van der Waals surface area contributed by atoms with Gasteiger partial charge in [0.2, 0.25) is 5.91 Å². The average molecular weight is 390 g/mol. The Kier molecular flexibility index (Phi) is 5.60. The van der Waals surface area contributed by atoms with Crippen LogP contribution in [0.25, 0.3) is 10.8 Å². The van der Waals surface area contributed by atoms with Gasteiger partial charge in [0, 0.05) is 49.6 Å². The maximum absolute atomic E-state index is 13.1. The fraction of sp³-hybridized carbons (Fsp3) is 0.348. The molecule has 1 aromatic heterocycles. The van der Waals surface area contributed by atoms with Gasteiger partial charge in [-0.2, -0.15) is 0 Å². The third kappa shape index (κ3) is 4.31. The van der Waals surface area contributed by atoms with E-state index in [4.69, 9.17) is 0 Å². The smallest absolute Gasteiger partial charge is 0.254 e. The fourth-order valence-electron chi connectivity index (χ4n) is 4.04. The highest BCUT2D eigenvalue weighted by atomic mass is 16.2. The van der Waals surface area contributed by atoms with Gasteiger partial charge in [-0.15, -0.1) is 0 Å². The molecule has 4 rings (SSSR count). The van der Waals surface area contributed by atoms with E-state index < -0.39 is 0 Å². The van der Waals surface area contributed by atoms with Crippen molar-refractivity contribution in [2.24, 2.45) is 5.92 Å². The van der Waals surface area contributed by atoms with E-state index in [0.717, 1.165) is 16.3 Å². The Bertz CT molecular complexity index is 986. The van der Waals surface area contributed by atoms with Gasteiger partial charge in [-0.3, -0.25) is 9.59 Å². The lowest BCUT2D eigenvalue weighted by atomic mass is 9.94. The van der Waals surface area contributed by atoms with Crippen molar-refractivity contribution in [2.75, 3.05) is 13.1 Å². The Balaban J connectivity index is 1.34. The number of rotatable bonds is 5. The van der Waals surface area contributed by atoms with Gasteiger partial charge in [-0.05, 0) is 36.6 Å². The van der Waals surface area contributed by atoms with Crippen molar-refractivity contribution in [2.45, 2.75) is 32.4 Å². The minimum Gasteiger partial charge on any atom is -0.352 e. The average Bonchev–Trinajstić information content (AvgIpc) is 3.25. The number of amides is 2. The monoisotopic (exact) mass is 390 g/mol. The van der Waals surface area contributed by atoms with Crippen LogP contribution in [0, 0.1) is 5.92 Å². The first-order valence-corrected chi connectivity index (χ1v) is 10.1. The largest absolute Gasteiger partial charge is 0.352 e. The number of imidazole rings is 1. The van der Waals surface area contributed by atoms with Crippen molar-refractivity contribution < 1.29 is 9.59 Å². The third-order valence-corrected chi connectivity index (χ3v) is 5.61. The fourth-order valence-corrected chi connectivity index (χ4v) is 4.04. The maximum atomic E-state index is 13.1. The molecular weight excluding hydrogens is 364 g/mol. The molecule has 1 aliphatic heterocycles. The van der Waals surface area contributed by atoms with Gasteiger partial charge in [0.15, 0.2) is 0 Å². The van der Waals surface area contributed by atoms with Crippen LogP contribution in [0.1, 0.15) is 30.1 Å². The zero-order valence-corrected chi connectivity index (χ0v) is 16.6. The molecule has 0 spiro atoms. The molecule has 6 heteroatoms. The molecule has 1 atom stereocenters. The van der Waals surface area contributed by atoms with E-state index >= 15 is 0 Å². The second-order valence-corrected chi connectivity index (χ2v) is 7.76. The highest BCUT2D eigenvalue weighted by Crippen LogP contribution is 2.23. The molecule has 2 amide bonds. The number of hydrogen-bond donors (Lipinski definition) is 1. The number of fused-ring (bicyclic) bond motifs is 1. The molecule has 0 aliphatic carbocycles. The van der Waals surface area contributed by atoms with Crippen molar-refractivity contribution in [1.29, 1.82) is 0 Å². The zero-order valence-electron chi connectivity index (χ0n) is 16.6. The van der Waals surface area contributed by atoms with Crippen LogP contribution in [0.3, 0.4) is 0 Å². The zero-order chi connectivity index (χ0) is 20.2. The third-order valence-electron chi connectivity index (χ3n) is 5.61. The Morgan fingerprint density at radius 3 is 2.66 bits per heavy atom. The SMILES string of the molecule is CC(Cn1ccnc1)NC(=O)C1CCN(C(=O)c2cccc3ccccc23)CC1. The Hall–Kier alpha value is -3.15. The first kappa shape index (κ1) is 19.2. The minimum atomic E-state index is -0.0446. The summed E-state index contributed by atoms with van der Waals surface area (Å²) in [5.74, 6) is 0.0841. The molecule has 0 saturated carbocycles. The van der Waals surface area contributed by atoms with Gasteiger partial charge in [-0.1, -0.05) is 36.4 Å². The Morgan fingerprint density at radius 2 is 1.90 bits per heavy atom. The highest BCUT2D eigenvalue weighted by Gasteiger charge is 2.28. The lowest BCUT2D eigenvalue weighted by Crippen LogP contribution is -2.45. The van der Waals surface area contributed by atoms with E-state index in [1.165, 1.54) is 0 Å². The number of benzene rings is 2. The number of nitrogens with zero attached hydrogens (tertiary/aromatic N) is 3. The predicted molar refractivity (Wildman–Crippen MR) is 112 cm³/mol. The second-order valence-electron chi connectivity index (χ2n) is 7.76.